The molecular formula is C16H13ClN2O6. The third-order valence-electron chi connectivity index (χ3n) is 3.13. The molecule has 0 fully saturated rings. The van der Waals surface area contributed by atoms with Crippen molar-refractivity contribution in [3.8, 4) is 11.5 Å². The zero-order valence-corrected chi connectivity index (χ0v) is 13.8. The smallest absolute Gasteiger partial charge is 0.270 e. The number of nitrogens with one attached hydrogen (secondary N) is 1. The van der Waals surface area contributed by atoms with E-state index in [1.54, 1.807) is 12.1 Å². The minimum atomic E-state index is -0.628. The molecule has 0 saturated heterocycles. The second kappa shape index (κ2) is 8.11. The predicted octanol–water partition coefficient (Wildman–Crippen LogP) is 3.09. The Morgan fingerprint density at radius 2 is 2.00 bits per heavy atom. The van der Waals surface area contributed by atoms with E-state index >= 15 is 0 Å². The second-order valence-electron chi connectivity index (χ2n) is 4.78. The van der Waals surface area contributed by atoms with Crippen LogP contribution in [-0.4, -0.2) is 30.8 Å². The number of non-ortho nitro benzene ring substituents is 1. The highest BCUT2D eigenvalue weighted by Crippen LogP contribution is 2.27. The highest BCUT2D eigenvalue weighted by molar-refractivity contribution is 6.32. The molecule has 0 bridgehead atoms. The van der Waals surface area contributed by atoms with Gasteiger partial charge in [-0.1, -0.05) is 11.6 Å². The number of carbonyl (C=O) groups excluding carboxylic acids is 2. The Hall–Kier alpha value is -3.13. The summed E-state index contributed by atoms with van der Waals surface area (Å²) in [6.45, 7) is -0.387. The Balaban J connectivity index is 2.01. The summed E-state index contributed by atoms with van der Waals surface area (Å²) >= 11 is 5.96. The van der Waals surface area contributed by atoms with Gasteiger partial charge in [-0.15, -0.1) is 0 Å². The number of methoxy groups -OCH3 is 1. The van der Waals surface area contributed by atoms with Crippen molar-refractivity contribution < 1.29 is 24.0 Å². The maximum Gasteiger partial charge on any atom is 0.270 e. The molecule has 0 radical (unpaired) electrons. The summed E-state index contributed by atoms with van der Waals surface area (Å²) in [5, 5.41) is 13.6. The number of hydrogen-bond acceptors (Lipinski definition) is 6. The monoisotopic (exact) mass is 364 g/mol. The van der Waals surface area contributed by atoms with Crippen LogP contribution in [0, 0.1) is 10.1 Å². The van der Waals surface area contributed by atoms with Gasteiger partial charge in [0.15, 0.2) is 12.9 Å². The van der Waals surface area contributed by atoms with E-state index in [0.717, 1.165) is 6.07 Å². The van der Waals surface area contributed by atoms with E-state index in [9.17, 15) is 19.7 Å². The number of carbonyl (C=O) groups is 2. The molecule has 25 heavy (non-hydrogen) atoms. The van der Waals surface area contributed by atoms with Crippen LogP contribution < -0.4 is 14.8 Å². The maximum absolute atomic E-state index is 11.9. The normalized spacial score (nSPS) is 10.0. The standard InChI is InChI=1S/C16H13ClN2O6/c1-24-15-4-2-11(7-13(15)17)18-16(21)9-25-14-5-3-12(19(22)23)6-10(14)8-20/h2-8H,9H2,1H3,(H,18,21). The number of nitrogens with zero attached hydrogens (tertiary/aromatic N) is 1. The van der Waals surface area contributed by atoms with Gasteiger partial charge in [-0.25, -0.2) is 0 Å². The molecule has 1 amide bonds. The van der Waals surface area contributed by atoms with E-state index < -0.39 is 10.8 Å². The molecule has 130 valence electrons. The topological polar surface area (TPSA) is 108 Å². The zero-order valence-electron chi connectivity index (χ0n) is 13.0. The number of anilines is 1. The lowest BCUT2D eigenvalue weighted by atomic mass is 10.2. The van der Waals surface area contributed by atoms with Crippen molar-refractivity contribution in [2.75, 3.05) is 19.0 Å². The van der Waals surface area contributed by atoms with E-state index in [0.29, 0.717) is 22.7 Å². The number of halogens is 1. The Bertz CT molecular complexity index is 824. The molecule has 8 nitrogen and oxygen atoms in total. The second-order valence-corrected chi connectivity index (χ2v) is 5.19. The number of nitro groups is 1. The van der Waals surface area contributed by atoms with Crippen LogP contribution in [0.4, 0.5) is 11.4 Å². The molecule has 0 saturated carbocycles. The fraction of sp³-hybridized carbons (Fsp3) is 0.125. The van der Waals surface area contributed by atoms with Gasteiger partial charge < -0.3 is 14.8 Å². The van der Waals surface area contributed by atoms with Crippen molar-refractivity contribution in [1.82, 2.24) is 0 Å². The van der Waals surface area contributed by atoms with Gasteiger partial charge in [0.05, 0.1) is 22.6 Å². The highest BCUT2D eigenvalue weighted by Gasteiger charge is 2.13. The molecule has 0 atom stereocenters. The van der Waals surface area contributed by atoms with E-state index in [4.69, 9.17) is 21.1 Å². The van der Waals surface area contributed by atoms with Crippen molar-refractivity contribution in [2.45, 2.75) is 0 Å². The third kappa shape index (κ3) is 4.67. The number of benzene rings is 2. The van der Waals surface area contributed by atoms with Crippen LogP contribution in [0.15, 0.2) is 36.4 Å². The molecule has 2 aromatic rings. The van der Waals surface area contributed by atoms with Crippen molar-refractivity contribution >= 4 is 35.2 Å². The lowest BCUT2D eigenvalue weighted by molar-refractivity contribution is -0.384. The van der Waals surface area contributed by atoms with Crippen LogP contribution in [0.1, 0.15) is 10.4 Å². The minimum Gasteiger partial charge on any atom is -0.495 e. The van der Waals surface area contributed by atoms with Gasteiger partial charge in [-0.05, 0) is 24.3 Å². The molecule has 0 heterocycles. The average Bonchev–Trinajstić information content (AvgIpc) is 2.59. The van der Waals surface area contributed by atoms with Crippen molar-refractivity contribution in [3.63, 3.8) is 0 Å². The minimum absolute atomic E-state index is 0.0190. The quantitative estimate of drug-likeness (QED) is 0.459. The first kappa shape index (κ1) is 18.2. The van der Waals surface area contributed by atoms with Gasteiger partial charge >= 0.3 is 0 Å². The molecule has 0 unspecified atom stereocenters. The fourth-order valence-electron chi connectivity index (χ4n) is 1.96. The van der Waals surface area contributed by atoms with Crippen molar-refractivity contribution in [2.24, 2.45) is 0 Å². The van der Waals surface area contributed by atoms with Crippen LogP contribution in [0.3, 0.4) is 0 Å². The number of aldehydes is 1. The van der Waals surface area contributed by atoms with Gasteiger partial charge in [0.1, 0.15) is 11.5 Å². The number of nitro benzene ring substituents is 1. The molecule has 0 aliphatic heterocycles. The highest BCUT2D eigenvalue weighted by atomic mass is 35.5. The molecule has 0 aliphatic carbocycles. The zero-order chi connectivity index (χ0) is 18.4. The number of rotatable bonds is 7. The van der Waals surface area contributed by atoms with Crippen molar-refractivity contribution in [3.05, 3.63) is 57.1 Å². The number of amides is 1. The van der Waals surface area contributed by atoms with Crippen LogP contribution in [0.2, 0.25) is 5.02 Å². The molecule has 2 rings (SSSR count). The van der Waals surface area contributed by atoms with E-state index in [1.807, 2.05) is 0 Å². The van der Waals surface area contributed by atoms with E-state index in [-0.39, 0.29) is 23.6 Å². The summed E-state index contributed by atoms with van der Waals surface area (Å²) in [4.78, 5) is 33.0. The summed E-state index contributed by atoms with van der Waals surface area (Å²) in [5.74, 6) is 0.0531. The molecule has 0 aromatic heterocycles. The lowest BCUT2D eigenvalue weighted by Crippen LogP contribution is -2.20. The Labute approximate surface area is 147 Å². The largest absolute Gasteiger partial charge is 0.495 e. The first-order chi connectivity index (χ1) is 11.9. The Morgan fingerprint density at radius 1 is 1.28 bits per heavy atom. The van der Waals surface area contributed by atoms with Gasteiger partial charge in [-0.2, -0.15) is 0 Å². The summed E-state index contributed by atoms with van der Waals surface area (Å²) < 4.78 is 10.3. The van der Waals surface area contributed by atoms with Crippen LogP contribution in [0.5, 0.6) is 11.5 Å². The molecular weight excluding hydrogens is 352 g/mol. The third-order valence-corrected chi connectivity index (χ3v) is 3.42. The van der Waals surface area contributed by atoms with Crippen molar-refractivity contribution in [1.29, 1.82) is 0 Å². The Kier molecular flexibility index (Phi) is 5.91. The van der Waals surface area contributed by atoms with Gasteiger partial charge in [0, 0.05) is 17.8 Å². The molecule has 9 heteroatoms. The van der Waals surface area contributed by atoms with E-state index in [2.05, 4.69) is 5.32 Å². The number of hydrogen-bond donors (Lipinski definition) is 1. The molecule has 0 aliphatic rings. The van der Waals surface area contributed by atoms with Gasteiger partial charge in [0.25, 0.3) is 11.6 Å². The van der Waals surface area contributed by atoms with Crippen LogP contribution in [0.25, 0.3) is 0 Å². The van der Waals surface area contributed by atoms with Crippen LogP contribution in [-0.2, 0) is 4.79 Å². The average molecular weight is 365 g/mol. The fourth-order valence-corrected chi connectivity index (χ4v) is 2.22. The van der Waals surface area contributed by atoms with Gasteiger partial charge in [-0.3, -0.25) is 19.7 Å². The lowest BCUT2D eigenvalue weighted by Gasteiger charge is -2.10. The first-order valence-corrected chi connectivity index (χ1v) is 7.32. The predicted molar refractivity (Wildman–Crippen MR) is 90.6 cm³/mol. The summed E-state index contributed by atoms with van der Waals surface area (Å²) in [5.41, 5.74) is 0.181. The summed E-state index contributed by atoms with van der Waals surface area (Å²) in [6, 6.07) is 8.23. The summed E-state index contributed by atoms with van der Waals surface area (Å²) in [7, 11) is 1.47. The number of ether oxygens (including phenoxy) is 2. The molecule has 0 spiro atoms. The molecule has 1 N–H and O–H groups in total. The van der Waals surface area contributed by atoms with Gasteiger partial charge in [0.2, 0.25) is 0 Å². The SMILES string of the molecule is COc1ccc(NC(=O)COc2ccc([N+](=O)[O-])cc2C=O)cc1Cl. The first-order valence-electron chi connectivity index (χ1n) is 6.94. The van der Waals surface area contributed by atoms with Crippen LogP contribution >= 0.6 is 11.6 Å². The molecule has 2 aromatic carbocycles. The van der Waals surface area contributed by atoms with E-state index in [1.165, 1.54) is 25.3 Å². The summed E-state index contributed by atoms with van der Waals surface area (Å²) in [6.07, 6.45) is 0.420. The Morgan fingerprint density at radius 3 is 2.60 bits per heavy atom. The maximum atomic E-state index is 11.9.